The van der Waals surface area contributed by atoms with Crippen LogP contribution in [0, 0.1) is 13.8 Å². The zero-order valence-electron chi connectivity index (χ0n) is 9.60. The minimum absolute atomic E-state index is 0.301. The van der Waals surface area contributed by atoms with Crippen molar-refractivity contribution in [3.8, 4) is 0 Å². The van der Waals surface area contributed by atoms with E-state index in [0.29, 0.717) is 11.3 Å². The number of carboxylic acids is 1. The first-order valence-corrected chi connectivity index (χ1v) is 5.04. The molecule has 0 spiro atoms. The highest BCUT2D eigenvalue weighted by Crippen LogP contribution is 2.06. The van der Waals surface area contributed by atoms with Gasteiger partial charge in [-0.2, -0.15) is 0 Å². The summed E-state index contributed by atoms with van der Waals surface area (Å²) in [7, 11) is 0. The van der Waals surface area contributed by atoms with Gasteiger partial charge in [0.15, 0.2) is 6.04 Å². The number of hydrogen-bond donors (Lipinski definition) is 3. The summed E-state index contributed by atoms with van der Waals surface area (Å²) < 4.78 is 0. The Hall–Kier alpha value is -1.95. The summed E-state index contributed by atoms with van der Waals surface area (Å²) in [5.41, 5.74) is 1.59. The van der Waals surface area contributed by atoms with Gasteiger partial charge in [-0.3, -0.25) is 9.78 Å². The van der Waals surface area contributed by atoms with Crippen molar-refractivity contribution in [2.75, 3.05) is 6.61 Å². The van der Waals surface area contributed by atoms with Crippen molar-refractivity contribution in [2.45, 2.75) is 19.9 Å². The monoisotopic (exact) mass is 238 g/mol. The van der Waals surface area contributed by atoms with Gasteiger partial charge in [0.2, 0.25) is 0 Å². The Morgan fingerprint density at radius 2 is 2.06 bits per heavy atom. The second kappa shape index (κ2) is 5.40. The van der Waals surface area contributed by atoms with E-state index in [-0.39, 0.29) is 0 Å². The molecule has 1 rings (SSSR count). The van der Waals surface area contributed by atoms with Gasteiger partial charge in [0.05, 0.1) is 17.9 Å². The van der Waals surface area contributed by atoms with E-state index in [4.69, 9.17) is 10.2 Å². The molecule has 0 aliphatic rings. The SMILES string of the molecule is Cc1ccc(C(=O)NC(CO)C(=O)O)c(C)n1. The Morgan fingerprint density at radius 3 is 2.53 bits per heavy atom. The molecule has 0 saturated heterocycles. The summed E-state index contributed by atoms with van der Waals surface area (Å²) in [4.78, 5) is 26.5. The summed E-state index contributed by atoms with van der Waals surface area (Å²) in [5, 5.41) is 19.7. The highest BCUT2D eigenvalue weighted by atomic mass is 16.4. The number of aliphatic carboxylic acids is 1. The van der Waals surface area contributed by atoms with Crippen LogP contribution in [0.3, 0.4) is 0 Å². The summed E-state index contributed by atoms with van der Waals surface area (Å²) in [6.07, 6.45) is 0. The maximum atomic E-state index is 11.7. The highest BCUT2D eigenvalue weighted by molar-refractivity contribution is 5.97. The summed E-state index contributed by atoms with van der Waals surface area (Å²) in [6.45, 7) is 2.80. The maximum absolute atomic E-state index is 11.7. The summed E-state index contributed by atoms with van der Waals surface area (Å²) >= 11 is 0. The van der Waals surface area contributed by atoms with Crippen molar-refractivity contribution in [1.82, 2.24) is 10.3 Å². The molecule has 0 bridgehead atoms. The van der Waals surface area contributed by atoms with E-state index in [9.17, 15) is 9.59 Å². The molecule has 0 aliphatic carbocycles. The van der Waals surface area contributed by atoms with Crippen molar-refractivity contribution in [3.05, 3.63) is 29.1 Å². The van der Waals surface area contributed by atoms with E-state index in [2.05, 4.69) is 10.3 Å². The predicted molar refractivity (Wildman–Crippen MR) is 59.7 cm³/mol. The molecule has 1 aromatic rings. The number of carboxylic acid groups (broad SMARTS) is 1. The first-order valence-electron chi connectivity index (χ1n) is 5.04. The number of aliphatic hydroxyl groups is 1. The lowest BCUT2D eigenvalue weighted by molar-refractivity contribution is -0.140. The van der Waals surface area contributed by atoms with Crippen LogP contribution < -0.4 is 5.32 Å². The summed E-state index contributed by atoms with van der Waals surface area (Å²) in [5.74, 6) is -1.84. The fourth-order valence-corrected chi connectivity index (χ4v) is 1.35. The van der Waals surface area contributed by atoms with Crippen molar-refractivity contribution in [2.24, 2.45) is 0 Å². The molecule has 1 heterocycles. The van der Waals surface area contributed by atoms with Gasteiger partial charge in [0, 0.05) is 5.69 Å². The number of carbonyl (C=O) groups excluding carboxylic acids is 1. The molecule has 17 heavy (non-hydrogen) atoms. The molecule has 0 fully saturated rings. The molecule has 0 aliphatic heterocycles. The second-order valence-electron chi connectivity index (χ2n) is 3.63. The molecule has 6 heteroatoms. The smallest absolute Gasteiger partial charge is 0.328 e. The molecule has 0 aromatic carbocycles. The fraction of sp³-hybridized carbons (Fsp3) is 0.364. The average molecular weight is 238 g/mol. The Kier molecular flexibility index (Phi) is 4.17. The summed E-state index contributed by atoms with van der Waals surface area (Å²) in [6, 6.07) is 1.93. The largest absolute Gasteiger partial charge is 0.480 e. The topological polar surface area (TPSA) is 99.5 Å². The minimum atomic E-state index is -1.30. The molecule has 3 N–H and O–H groups in total. The van der Waals surface area contributed by atoms with Crippen LogP contribution >= 0.6 is 0 Å². The van der Waals surface area contributed by atoms with E-state index in [0.717, 1.165) is 5.69 Å². The van der Waals surface area contributed by atoms with Gasteiger partial charge < -0.3 is 15.5 Å². The van der Waals surface area contributed by atoms with E-state index in [1.807, 2.05) is 0 Å². The average Bonchev–Trinajstić information content (AvgIpc) is 2.24. The standard InChI is InChI=1S/C11H14N2O4/c1-6-3-4-8(7(2)12-6)10(15)13-9(5-14)11(16)17/h3-4,9,14H,5H2,1-2H3,(H,13,15)(H,16,17). The molecule has 92 valence electrons. The first kappa shape index (κ1) is 13.1. The Bertz CT molecular complexity index is 445. The van der Waals surface area contributed by atoms with E-state index < -0.39 is 24.5 Å². The molecule has 1 aromatic heterocycles. The highest BCUT2D eigenvalue weighted by Gasteiger charge is 2.20. The lowest BCUT2D eigenvalue weighted by atomic mass is 10.1. The number of pyridine rings is 1. The number of aryl methyl sites for hydroxylation is 2. The van der Waals surface area contributed by atoms with Crippen LogP contribution in [0.4, 0.5) is 0 Å². The normalized spacial score (nSPS) is 11.9. The van der Waals surface area contributed by atoms with Gasteiger partial charge in [-0.25, -0.2) is 4.79 Å². The van der Waals surface area contributed by atoms with Gasteiger partial charge in [0.25, 0.3) is 5.91 Å². The van der Waals surface area contributed by atoms with Crippen molar-refractivity contribution < 1.29 is 19.8 Å². The van der Waals surface area contributed by atoms with Crippen LogP contribution in [0.5, 0.6) is 0 Å². The number of nitrogens with zero attached hydrogens (tertiary/aromatic N) is 1. The van der Waals surface area contributed by atoms with E-state index >= 15 is 0 Å². The quantitative estimate of drug-likeness (QED) is 0.678. The zero-order chi connectivity index (χ0) is 13.0. The van der Waals surface area contributed by atoms with Gasteiger partial charge in [0.1, 0.15) is 0 Å². The third-order valence-corrected chi connectivity index (χ3v) is 2.26. The molecule has 1 amide bonds. The van der Waals surface area contributed by atoms with Crippen molar-refractivity contribution in [3.63, 3.8) is 0 Å². The Morgan fingerprint density at radius 1 is 1.41 bits per heavy atom. The molecular weight excluding hydrogens is 224 g/mol. The third-order valence-electron chi connectivity index (χ3n) is 2.26. The molecule has 6 nitrogen and oxygen atoms in total. The zero-order valence-corrected chi connectivity index (χ0v) is 9.60. The van der Waals surface area contributed by atoms with Crippen molar-refractivity contribution in [1.29, 1.82) is 0 Å². The lowest BCUT2D eigenvalue weighted by Crippen LogP contribution is -2.43. The van der Waals surface area contributed by atoms with Crippen LogP contribution in [0.1, 0.15) is 21.7 Å². The number of carbonyl (C=O) groups is 2. The van der Waals surface area contributed by atoms with Crippen LogP contribution in [-0.4, -0.2) is 39.7 Å². The van der Waals surface area contributed by atoms with Crippen LogP contribution in [-0.2, 0) is 4.79 Å². The van der Waals surface area contributed by atoms with Crippen LogP contribution in [0.2, 0.25) is 0 Å². The van der Waals surface area contributed by atoms with E-state index in [1.54, 1.807) is 26.0 Å². The van der Waals surface area contributed by atoms with Gasteiger partial charge in [-0.05, 0) is 26.0 Å². The third kappa shape index (κ3) is 3.25. The number of hydrogen-bond acceptors (Lipinski definition) is 4. The molecule has 0 radical (unpaired) electrons. The predicted octanol–water partition coefficient (Wildman–Crippen LogP) is -0.126. The molecule has 0 saturated carbocycles. The van der Waals surface area contributed by atoms with Crippen LogP contribution in [0.25, 0.3) is 0 Å². The van der Waals surface area contributed by atoms with E-state index in [1.165, 1.54) is 0 Å². The number of nitrogens with one attached hydrogen (secondary N) is 1. The second-order valence-corrected chi connectivity index (χ2v) is 3.63. The van der Waals surface area contributed by atoms with Crippen molar-refractivity contribution >= 4 is 11.9 Å². The number of aliphatic hydroxyl groups excluding tert-OH is 1. The lowest BCUT2D eigenvalue weighted by Gasteiger charge is -2.12. The van der Waals surface area contributed by atoms with Crippen LogP contribution in [0.15, 0.2) is 12.1 Å². The number of aromatic nitrogens is 1. The number of rotatable bonds is 4. The minimum Gasteiger partial charge on any atom is -0.480 e. The first-order chi connectivity index (χ1) is 7.95. The molecular formula is C11H14N2O4. The van der Waals surface area contributed by atoms with Gasteiger partial charge in [-0.15, -0.1) is 0 Å². The van der Waals surface area contributed by atoms with Gasteiger partial charge >= 0.3 is 5.97 Å². The molecule has 1 atom stereocenters. The maximum Gasteiger partial charge on any atom is 0.328 e. The Balaban J connectivity index is 2.86. The van der Waals surface area contributed by atoms with Gasteiger partial charge in [-0.1, -0.05) is 0 Å². The number of amides is 1. The fourth-order valence-electron chi connectivity index (χ4n) is 1.35. The molecule has 1 unspecified atom stereocenters. The Labute approximate surface area is 98.3 Å².